The molecule has 0 amide bonds. The number of carbonyl (C=O) groups is 1. The Labute approximate surface area is 117 Å². The molecular weight excluding hydrogens is 264 g/mol. The van der Waals surface area contributed by atoms with Gasteiger partial charge in [-0.2, -0.15) is 0 Å². The molecule has 4 nitrogen and oxygen atoms in total. The van der Waals surface area contributed by atoms with Gasteiger partial charge in [-0.05, 0) is 32.0 Å². The van der Waals surface area contributed by atoms with Crippen LogP contribution in [-0.2, 0) is 6.54 Å². The maximum atomic E-state index is 11.2. The van der Waals surface area contributed by atoms with E-state index in [2.05, 4.69) is 4.98 Å². The zero-order chi connectivity index (χ0) is 13.8. The van der Waals surface area contributed by atoms with E-state index < -0.39 is 0 Å². The van der Waals surface area contributed by atoms with Gasteiger partial charge in [0.1, 0.15) is 18.2 Å². The van der Waals surface area contributed by atoms with Gasteiger partial charge in [0.2, 0.25) is 0 Å². The van der Waals surface area contributed by atoms with E-state index in [4.69, 9.17) is 16.3 Å². The van der Waals surface area contributed by atoms with E-state index in [0.29, 0.717) is 29.5 Å². The highest BCUT2D eigenvalue weighted by molar-refractivity contribution is 6.32. The number of ketones is 1. The van der Waals surface area contributed by atoms with Crippen LogP contribution in [0.15, 0.2) is 30.6 Å². The molecule has 0 aliphatic heterocycles. The molecule has 0 unspecified atom stereocenters. The molecule has 0 bridgehead atoms. The van der Waals surface area contributed by atoms with Crippen molar-refractivity contribution < 1.29 is 9.53 Å². The lowest BCUT2D eigenvalue weighted by Crippen LogP contribution is -2.09. The van der Waals surface area contributed by atoms with Gasteiger partial charge in [-0.1, -0.05) is 11.6 Å². The van der Waals surface area contributed by atoms with Crippen LogP contribution >= 0.6 is 11.6 Å². The minimum Gasteiger partial charge on any atom is -0.490 e. The molecule has 1 heterocycles. The number of hydrogen-bond donors (Lipinski definition) is 0. The first-order valence-corrected chi connectivity index (χ1v) is 6.37. The largest absolute Gasteiger partial charge is 0.490 e. The van der Waals surface area contributed by atoms with Gasteiger partial charge >= 0.3 is 0 Å². The van der Waals surface area contributed by atoms with Crippen molar-refractivity contribution in [2.24, 2.45) is 0 Å². The van der Waals surface area contributed by atoms with E-state index in [0.717, 1.165) is 5.82 Å². The van der Waals surface area contributed by atoms with E-state index in [-0.39, 0.29) is 5.78 Å². The third kappa shape index (κ3) is 3.35. The fraction of sp³-hybridized carbons (Fsp3) is 0.286. The van der Waals surface area contributed by atoms with Gasteiger partial charge in [-0.15, -0.1) is 0 Å². The predicted octanol–water partition coefficient (Wildman–Crippen LogP) is 3.13. The molecule has 2 rings (SSSR count). The topological polar surface area (TPSA) is 44.1 Å². The Hall–Kier alpha value is -1.81. The number of rotatable bonds is 5. The van der Waals surface area contributed by atoms with Crippen molar-refractivity contribution in [3.63, 3.8) is 0 Å². The lowest BCUT2D eigenvalue weighted by molar-refractivity contribution is 0.101. The third-order valence-corrected chi connectivity index (χ3v) is 3.15. The molecule has 0 aliphatic rings. The van der Waals surface area contributed by atoms with Crippen LogP contribution in [0.2, 0.25) is 5.02 Å². The van der Waals surface area contributed by atoms with Gasteiger partial charge in [0.25, 0.3) is 0 Å². The number of ether oxygens (including phenoxy) is 1. The van der Waals surface area contributed by atoms with Crippen molar-refractivity contribution >= 4 is 17.4 Å². The van der Waals surface area contributed by atoms with Crippen LogP contribution in [0, 0.1) is 6.92 Å². The van der Waals surface area contributed by atoms with Crippen LogP contribution < -0.4 is 4.74 Å². The molecule has 1 aromatic carbocycles. The van der Waals surface area contributed by atoms with Crippen LogP contribution in [0.4, 0.5) is 0 Å². The molecule has 0 aliphatic carbocycles. The predicted molar refractivity (Wildman–Crippen MR) is 73.9 cm³/mol. The van der Waals surface area contributed by atoms with Crippen molar-refractivity contribution in [1.29, 1.82) is 0 Å². The van der Waals surface area contributed by atoms with E-state index in [1.807, 2.05) is 17.7 Å². The van der Waals surface area contributed by atoms with Crippen molar-refractivity contribution in [1.82, 2.24) is 9.55 Å². The average Bonchev–Trinajstić information content (AvgIpc) is 2.77. The second kappa shape index (κ2) is 5.89. The maximum absolute atomic E-state index is 11.2. The Morgan fingerprint density at radius 1 is 1.47 bits per heavy atom. The van der Waals surface area contributed by atoms with Crippen LogP contribution in [0.3, 0.4) is 0 Å². The Morgan fingerprint density at radius 2 is 2.26 bits per heavy atom. The molecule has 0 spiro atoms. The number of halogens is 1. The van der Waals surface area contributed by atoms with Crippen molar-refractivity contribution in [2.75, 3.05) is 6.61 Å². The van der Waals surface area contributed by atoms with Crippen molar-refractivity contribution in [2.45, 2.75) is 20.4 Å². The maximum Gasteiger partial charge on any atom is 0.159 e. The van der Waals surface area contributed by atoms with E-state index >= 15 is 0 Å². The van der Waals surface area contributed by atoms with Gasteiger partial charge in [-0.3, -0.25) is 4.79 Å². The summed E-state index contributed by atoms with van der Waals surface area (Å²) >= 11 is 6.07. The number of hydrogen-bond acceptors (Lipinski definition) is 3. The monoisotopic (exact) mass is 278 g/mol. The normalized spacial score (nSPS) is 10.5. The van der Waals surface area contributed by atoms with Crippen LogP contribution in [-0.4, -0.2) is 21.9 Å². The van der Waals surface area contributed by atoms with Crippen molar-refractivity contribution in [3.8, 4) is 5.75 Å². The highest BCUT2D eigenvalue weighted by Gasteiger charge is 2.06. The molecule has 0 atom stereocenters. The van der Waals surface area contributed by atoms with Crippen molar-refractivity contribution in [3.05, 3.63) is 47.0 Å². The zero-order valence-electron chi connectivity index (χ0n) is 10.9. The molecule has 1 aromatic heterocycles. The summed E-state index contributed by atoms with van der Waals surface area (Å²) in [5, 5.41) is 0.454. The van der Waals surface area contributed by atoms with Gasteiger partial charge in [0, 0.05) is 18.0 Å². The summed E-state index contributed by atoms with van der Waals surface area (Å²) in [4.78, 5) is 15.3. The summed E-state index contributed by atoms with van der Waals surface area (Å²) in [6.07, 6.45) is 3.66. The first-order valence-electron chi connectivity index (χ1n) is 5.99. The quantitative estimate of drug-likeness (QED) is 0.789. The van der Waals surface area contributed by atoms with Crippen LogP contribution in [0.25, 0.3) is 0 Å². The summed E-state index contributed by atoms with van der Waals surface area (Å²) < 4.78 is 7.61. The summed E-state index contributed by atoms with van der Waals surface area (Å²) in [7, 11) is 0. The lowest BCUT2D eigenvalue weighted by Gasteiger charge is -2.10. The van der Waals surface area contributed by atoms with Crippen LogP contribution in [0.5, 0.6) is 5.75 Å². The van der Waals surface area contributed by atoms with E-state index in [1.165, 1.54) is 6.92 Å². The first-order chi connectivity index (χ1) is 9.08. The Kier molecular flexibility index (Phi) is 4.22. The number of nitrogens with zero attached hydrogens (tertiary/aromatic N) is 2. The Bertz CT molecular complexity index is 593. The molecule has 0 fully saturated rings. The molecule has 0 saturated heterocycles. The molecule has 0 N–H and O–H groups in total. The molecule has 19 heavy (non-hydrogen) atoms. The summed E-state index contributed by atoms with van der Waals surface area (Å²) in [6, 6.07) is 5.06. The summed E-state index contributed by atoms with van der Waals surface area (Å²) in [6.45, 7) is 4.65. The number of benzene rings is 1. The zero-order valence-corrected chi connectivity index (χ0v) is 11.6. The number of aromatic nitrogens is 2. The smallest absolute Gasteiger partial charge is 0.159 e. The van der Waals surface area contributed by atoms with E-state index in [1.54, 1.807) is 24.4 Å². The standard InChI is InChI=1S/C14H15ClN2O2/c1-10(18)12-3-4-14(13(15)9-12)19-8-7-17-6-5-16-11(17)2/h3-6,9H,7-8H2,1-2H3. The minimum atomic E-state index is -0.0116. The minimum absolute atomic E-state index is 0.0116. The fourth-order valence-corrected chi connectivity index (χ4v) is 1.97. The highest BCUT2D eigenvalue weighted by atomic mass is 35.5. The van der Waals surface area contributed by atoms with Crippen LogP contribution in [0.1, 0.15) is 23.1 Å². The molecule has 0 radical (unpaired) electrons. The van der Waals surface area contributed by atoms with Gasteiger partial charge in [0.15, 0.2) is 5.78 Å². The number of imidazole rings is 1. The number of aryl methyl sites for hydroxylation is 1. The van der Waals surface area contributed by atoms with Gasteiger partial charge in [-0.25, -0.2) is 4.98 Å². The number of Topliss-reactive ketones (excluding diaryl/α,β-unsaturated/α-hetero) is 1. The Balaban J connectivity index is 1.96. The third-order valence-electron chi connectivity index (χ3n) is 2.85. The molecule has 2 aromatic rings. The SMILES string of the molecule is CC(=O)c1ccc(OCCn2ccnc2C)c(Cl)c1. The second-order valence-corrected chi connectivity index (χ2v) is 4.62. The highest BCUT2D eigenvalue weighted by Crippen LogP contribution is 2.25. The summed E-state index contributed by atoms with van der Waals surface area (Å²) in [5.41, 5.74) is 0.586. The molecule has 100 valence electrons. The first kappa shape index (κ1) is 13.6. The molecular formula is C14H15ClN2O2. The lowest BCUT2D eigenvalue weighted by atomic mass is 10.1. The van der Waals surface area contributed by atoms with Gasteiger partial charge < -0.3 is 9.30 Å². The second-order valence-electron chi connectivity index (χ2n) is 4.22. The van der Waals surface area contributed by atoms with Gasteiger partial charge in [0.05, 0.1) is 11.6 Å². The molecule has 0 saturated carbocycles. The fourth-order valence-electron chi connectivity index (χ4n) is 1.73. The number of carbonyl (C=O) groups excluding carboxylic acids is 1. The summed E-state index contributed by atoms with van der Waals surface area (Å²) in [5.74, 6) is 1.52. The average molecular weight is 279 g/mol. The molecule has 5 heteroatoms. The van der Waals surface area contributed by atoms with E-state index in [9.17, 15) is 4.79 Å². The Morgan fingerprint density at radius 3 is 2.84 bits per heavy atom.